The van der Waals surface area contributed by atoms with E-state index in [2.05, 4.69) is 32.1 Å². The standard InChI is InChI=1S/C21H22N4O3S2/c1-15-3-5-17(6-4-15)13-29-14-20(26)24-18-7-9-19(10-8-18)30(27,28)25-21-22-12-11-16(2)23-21/h3-12H,13-14H2,1-2H3,(H,24,26)(H,22,23,25). The maximum atomic E-state index is 12.5. The molecule has 30 heavy (non-hydrogen) atoms. The second-order valence-corrected chi connectivity index (χ2v) is 9.35. The molecule has 156 valence electrons. The largest absolute Gasteiger partial charge is 0.325 e. The summed E-state index contributed by atoms with van der Waals surface area (Å²) in [6, 6.07) is 15.8. The summed E-state index contributed by atoms with van der Waals surface area (Å²) in [5, 5.41) is 2.77. The zero-order valence-corrected chi connectivity index (χ0v) is 18.3. The van der Waals surface area contributed by atoms with E-state index in [0.29, 0.717) is 17.1 Å². The van der Waals surface area contributed by atoms with E-state index in [1.807, 2.05) is 19.1 Å². The Morgan fingerprint density at radius 2 is 1.70 bits per heavy atom. The molecule has 1 amide bonds. The molecule has 2 N–H and O–H groups in total. The SMILES string of the molecule is Cc1ccc(CSCC(=O)Nc2ccc(S(=O)(=O)Nc3nccc(C)n3)cc2)cc1. The van der Waals surface area contributed by atoms with Crippen LogP contribution in [0.1, 0.15) is 16.8 Å². The molecule has 3 rings (SSSR count). The van der Waals surface area contributed by atoms with Gasteiger partial charge < -0.3 is 5.32 Å². The quantitative estimate of drug-likeness (QED) is 0.551. The summed E-state index contributed by atoms with van der Waals surface area (Å²) in [5.41, 5.74) is 3.55. The maximum Gasteiger partial charge on any atom is 0.264 e. The van der Waals surface area contributed by atoms with E-state index in [1.165, 1.54) is 35.7 Å². The van der Waals surface area contributed by atoms with Crippen molar-refractivity contribution in [2.24, 2.45) is 0 Å². The van der Waals surface area contributed by atoms with Crippen molar-refractivity contribution in [1.82, 2.24) is 9.97 Å². The lowest BCUT2D eigenvalue weighted by Crippen LogP contribution is -2.16. The molecule has 0 atom stereocenters. The number of carbonyl (C=O) groups is 1. The van der Waals surface area contributed by atoms with Crippen LogP contribution in [-0.2, 0) is 20.6 Å². The third-order valence-corrected chi connectivity index (χ3v) is 6.44. The number of carbonyl (C=O) groups excluding carboxylic acids is 1. The Labute approximate surface area is 180 Å². The van der Waals surface area contributed by atoms with Crippen LogP contribution in [0.5, 0.6) is 0 Å². The lowest BCUT2D eigenvalue weighted by molar-refractivity contribution is -0.113. The van der Waals surface area contributed by atoms with Gasteiger partial charge in [-0.05, 0) is 49.7 Å². The first-order valence-corrected chi connectivity index (χ1v) is 11.8. The third-order valence-electron chi connectivity index (χ3n) is 4.09. The van der Waals surface area contributed by atoms with Gasteiger partial charge in [-0.15, -0.1) is 11.8 Å². The van der Waals surface area contributed by atoms with Crippen molar-refractivity contribution < 1.29 is 13.2 Å². The topological polar surface area (TPSA) is 101 Å². The summed E-state index contributed by atoms with van der Waals surface area (Å²) in [5.74, 6) is 0.921. The number of aromatic nitrogens is 2. The van der Waals surface area contributed by atoms with Gasteiger partial charge in [-0.2, -0.15) is 0 Å². The number of amides is 1. The molecular weight excluding hydrogens is 420 g/mol. The van der Waals surface area contributed by atoms with Crippen LogP contribution in [0.25, 0.3) is 0 Å². The van der Waals surface area contributed by atoms with Gasteiger partial charge in [0.05, 0.1) is 10.6 Å². The number of hydrogen-bond acceptors (Lipinski definition) is 6. The number of aryl methyl sites for hydroxylation is 2. The van der Waals surface area contributed by atoms with Crippen molar-refractivity contribution in [3.05, 3.63) is 77.6 Å². The fourth-order valence-corrected chi connectivity index (χ4v) is 4.28. The summed E-state index contributed by atoms with van der Waals surface area (Å²) in [7, 11) is -3.82. The van der Waals surface area contributed by atoms with Crippen molar-refractivity contribution in [1.29, 1.82) is 0 Å². The predicted molar refractivity (Wildman–Crippen MR) is 120 cm³/mol. The first kappa shape index (κ1) is 21.8. The highest BCUT2D eigenvalue weighted by Gasteiger charge is 2.16. The van der Waals surface area contributed by atoms with Gasteiger partial charge in [0.1, 0.15) is 0 Å². The van der Waals surface area contributed by atoms with Crippen LogP contribution in [-0.4, -0.2) is 30.0 Å². The van der Waals surface area contributed by atoms with E-state index in [1.54, 1.807) is 25.1 Å². The van der Waals surface area contributed by atoms with Crippen LogP contribution in [0.3, 0.4) is 0 Å². The molecule has 0 unspecified atom stereocenters. The molecule has 0 bridgehead atoms. The highest BCUT2D eigenvalue weighted by Crippen LogP contribution is 2.18. The second-order valence-electron chi connectivity index (χ2n) is 6.68. The van der Waals surface area contributed by atoms with Crippen LogP contribution in [0.2, 0.25) is 0 Å². The van der Waals surface area contributed by atoms with E-state index < -0.39 is 10.0 Å². The van der Waals surface area contributed by atoms with Crippen LogP contribution >= 0.6 is 11.8 Å². The van der Waals surface area contributed by atoms with Crippen LogP contribution in [0.4, 0.5) is 11.6 Å². The molecule has 0 aliphatic heterocycles. The average molecular weight is 443 g/mol. The number of nitrogens with zero attached hydrogens (tertiary/aromatic N) is 2. The van der Waals surface area contributed by atoms with Crippen LogP contribution in [0, 0.1) is 13.8 Å². The average Bonchev–Trinajstić information content (AvgIpc) is 2.69. The fraction of sp³-hybridized carbons (Fsp3) is 0.190. The molecule has 0 aliphatic carbocycles. The van der Waals surface area contributed by atoms with E-state index >= 15 is 0 Å². The molecule has 7 nitrogen and oxygen atoms in total. The molecule has 0 spiro atoms. The number of sulfonamides is 1. The molecule has 3 aromatic rings. The minimum absolute atomic E-state index is 0.0120. The Morgan fingerprint density at radius 1 is 1.00 bits per heavy atom. The van der Waals surface area contributed by atoms with Gasteiger partial charge in [0.2, 0.25) is 11.9 Å². The zero-order chi connectivity index (χ0) is 21.6. The number of nitrogens with one attached hydrogen (secondary N) is 2. The van der Waals surface area contributed by atoms with Crippen molar-refractivity contribution in [3.8, 4) is 0 Å². The normalized spacial score (nSPS) is 11.1. The summed E-state index contributed by atoms with van der Waals surface area (Å²) in [4.78, 5) is 20.1. The fourth-order valence-electron chi connectivity index (χ4n) is 2.54. The first-order valence-electron chi connectivity index (χ1n) is 9.17. The highest BCUT2D eigenvalue weighted by molar-refractivity contribution is 7.99. The number of thioether (sulfide) groups is 1. The number of benzene rings is 2. The molecule has 1 aromatic heterocycles. The molecular formula is C21H22N4O3S2. The minimum atomic E-state index is -3.82. The molecule has 0 saturated heterocycles. The maximum absolute atomic E-state index is 12.5. The van der Waals surface area contributed by atoms with E-state index in [9.17, 15) is 13.2 Å². The highest BCUT2D eigenvalue weighted by atomic mass is 32.2. The van der Waals surface area contributed by atoms with Gasteiger partial charge in [0.15, 0.2) is 0 Å². The summed E-state index contributed by atoms with van der Waals surface area (Å²) in [6.45, 7) is 3.78. The number of rotatable bonds is 8. The molecule has 9 heteroatoms. The van der Waals surface area contributed by atoms with Crippen molar-refractivity contribution >= 4 is 39.3 Å². The second kappa shape index (κ2) is 9.73. The summed E-state index contributed by atoms with van der Waals surface area (Å²) < 4.78 is 27.3. The van der Waals surface area contributed by atoms with E-state index in [4.69, 9.17) is 0 Å². The zero-order valence-electron chi connectivity index (χ0n) is 16.6. The Kier molecular flexibility index (Phi) is 7.07. The monoisotopic (exact) mass is 442 g/mol. The molecule has 0 fully saturated rings. The molecule has 0 aliphatic rings. The minimum Gasteiger partial charge on any atom is -0.325 e. The lowest BCUT2D eigenvalue weighted by atomic mass is 10.2. The van der Waals surface area contributed by atoms with Crippen LogP contribution < -0.4 is 10.0 Å². The van der Waals surface area contributed by atoms with Gasteiger partial charge in [-0.3, -0.25) is 4.79 Å². The number of hydrogen-bond donors (Lipinski definition) is 2. The molecule has 1 heterocycles. The predicted octanol–water partition coefficient (Wildman–Crippen LogP) is 3.77. The smallest absolute Gasteiger partial charge is 0.264 e. The van der Waals surface area contributed by atoms with Crippen molar-refractivity contribution in [2.75, 3.05) is 15.8 Å². The Balaban J connectivity index is 1.53. The Bertz CT molecular complexity index is 1120. The Morgan fingerprint density at radius 3 is 2.37 bits per heavy atom. The van der Waals surface area contributed by atoms with E-state index in [-0.39, 0.29) is 16.8 Å². The van der Waals surface area contributed by atoms with Gasteiger partial charge in [0.25, 0.3) is 10.0 Å². The van der Waals surface area contributed by atoms with Crippen molar-refractivity contribution in [3.63, 3.8) is 0 Å². The molecule has 2 aromatic carbocycles. The molecule has 0 radical (unpaired) electrons. The lowest BCUT2D eigenvalue weighted by Gasteiger charge is -2.09. The van der Waals surface area contributed by atoms with Gasteiger partial charge >= 0.3 is 0 Å². The van der Waals surface area contributed by atoms with Crippen molar-refractivity contribution in [2.45, 2.75) is 24.5 Å². The van der Waals surface area contributed by atoms with Crippen LogP contribution in [0.15, 0.2) is 65.7 Å². The van der Waals surface area contributed by atoms with Gasteiger partial charge in [-0.1, -0.05) is 29.8 Å². The summed E-state index contributed by atoms with van der Waals surface area (Å²) in [6.07, 6.45) is 1.48. The number of anilines is 2. The van der Waals surface area contributed by atoms with Gasteiger partial charge in [-0.25, -0.2) is 23.1 Å². The molecule has 0 saturated carbocycles. The van der Waals surface area contributed by atoms with E-state index in [0.717, 1.165) is 11.3 Å². The summed E-state index contributed by atoms with van der Waals surface area (Å²) >= 11 is 1.52. The Hall–Kier alpha value is -2.91. The van der Waals surface area contributed by atoms with Gasteiger partial charge in [0, 0.05) is 23.3 Å². The first-order chi connectivity index (χ1) is 14.3. The third kappa shape index (κ3) is 6.30.